The molecule has 0 aliphatic carbocycles. The van der Waals surface area contributed by atoms with E-state index in [1.165, 1.54) is 6.07 Å². The van der Waals surface area contributed by atoms with Crippen LogP contribution in [0, 0.1) is 5.82 Å². The van der Waals surface area contributed by atoms with Gasteiger partial charge in [-0.3, -0.25) is 0 Å². The van der Waals surface area contributed by atoms with Crippen molar-refractivity contribution in [3.63, 3.8) is 0 Å². The number of aromatic amines is 1. The molecule has 18 heavy (non-hydrogen) atoms. The second kappa shape index (κ2) is 3.73. The zero-order chi connectivity index (χ0) is 12.7. The smallest absolute Gasteiger partial charge is 0.151 e. The van der Waals surface area contributed by atoms with Crippen molar-refractivity contribution >= 4 is 22.4 Å². The average molecular weight is 242 g/mol. The maximum absolute atomic E-state index is 13.5. The lowest BCUT2D eigenvalue weighted by Crippen LogP contribution is -1.92. The molecule has 0 fully saturated rings. The summed E-state index contributed by atoms with van der Waals surface area (Å²) in [4.78, 5) is 7.27. The first-order valence-corrected chi connectivity index (χ1v) is 5.44. The minimum atomic E-state index is -0.355. The number of fused-ring (bicyclic) bond motifs is 1. The fourth-order valence-corrected chi connectivity index (χ4v) is 1.95. The minimum absolute atomic E-state index is 0.313. The molecule has 3 aromatic rings. The molecule has 0 aliphatic rings. The van der Waals surface area contributed by atoms with Crippen LogP contribution in [-0.2, 0) is 0 Å². The third-order valence-electron chi connectivity index (χ3n) is 2.71. The van der Waals surface area contributed by atoms with Crippen LogP contribution in [0.5, 0.6) is 0 Å². The number of para-hydroxylation sites is 1. The lowest BCUT2D eigenvalue weighted by atomic mass is 10.1. The van der Waals surface area contributed by atoms with Crippen LogP contribution >= 0.6 is 0 Å². The molecule has 90 valence electrons. The highest BCUT2D eigenvalue weighted by Crippen LogP contribution is 2.25. The Balaban J connectivity index is 2.22. The van der Waals surface area contributed by atoms with Crippen molar-refractivity contribution < 1.29 is 4.39 Å². The number of nitrogens with zero attached hydrogens (tertiary/aromatic N) is 1. The lowest BCUT2D eigenvalue weighted by molar-refractivity contribution is 0.637. The number of H-pyrrole nitrogens is 1. The summed E-state index contributed by atoms with van der Waals surface area (Å²) < 4.78 is 13.5. The fraction of sp³-hybridized carbons (Fsp3) is 0. The molecule has 0 atom stereocenters. The van der Waals surface area contributed by atoms with Crippen LogP contribution in [0.1, 0.15) is 0 Å². The SMILES string of the molecule is Nc1cc(N)cc(-c2nc3c(F)cccc3[nH]2)c1. The van der Waals surface area contributed by atoms with Crippen LogP contribution in [0.25, 0.3) is 22.4 Å². The zero-order valence-electron chi connectivity index (χ0n) is 9.44. The predicted molar refractivity (Wildman–Crippen MR) is 70.3 cm³/mol. The van der Waals surface area contributed by atoms with E-state index in [-0.39, 0.29) is 5.82 Å². The Morgan fingerprint density at radius 3 is 2.44 bits per heavy atom. The van der Waals surface area contributed by atoms with E-state index in [0.717, 1.165) is 5.56 Å². The Bertz CT molecular complexity index is 713. The summed E-state index contributed by atoms with van der Waals surface area (Å²) in [6, 6.07) is 9.92. The van der Waals surface area contributed by atoms with Crippen molar-refractivity contribution in [1.29, 1.82) is 0 Å². The third kappa shape index (κ3) is 1.66. The topological polar surface area (TPSA) is 80.7 Å². The highest BCUT2D eigenvalue weighted by molar-refractivity contribution is 5.81. The Morgan fingerprint density at radius 2 is 1.78 bits per heavy atom. The zero-order valence-corrected chi connectivity index (χ0v) is 9.44. The number of hydrogen-bond acceptors (Lipinski definition) is 3. The first kappa shape index (κ1) is 10.6. The van der Waals surface area contributed by atoms with Crippen LogP contribution in [0.4, 0.5) is 15.8 Å². The molecule has 0 unspecified atom stereocenters. The predicted octanol–water partition coefficient (Wildman–Crippen LogP) is 2.53. The molecule has 0 bridgehead atoms. The molecule has 0 radical (unpaired) electrons. The van der Waals surface area contributed by atoms with Crippen molar-refractivity contribution in [3.05, 3.63) is 42.2 Å². The summed E-state index contributed by atoms with van der Waals surface area (Å²) in [5.74, 6) is 0.195. The van der Waals surface area contributed by atoms with Gasteiger partial charge in [0.05, 0.1) is 5.52 Å². The number of imidazole rings is 1. The summed E-state index contributed by atoms with van der Waals surface area (Å²) in [6.07, 6.45) is 0. The second-order valence-corrected chi connectivity index (χ2v) is 4.11. The van der Waals surface area contributed by atoms with Gasteiger partial charge in [0.2, 0.25) is 0 Å². The van der Waals surface area contributed by atoms with Gasteiger partial charge in [-0.05, 0) is 30.3 Å². The number of hydrogen-bond donors (Lipinski definition) is 3. The van der Waals surface area contributed by atoms with Gasteiger partial charge in [0.25, 0.3) is 0 Å². The van der Waals surface area contributed by atoms with E-state index < -0.39 is 0 Å². The third-order valence-corrected chi connectivity index (χ3v) is 2.71. The summed E-state index contributed by atoms with van der Waals surface area (Å²) in [5.41, 5.74) is 14.2. The van der Waals surface area contributed by atoms with E-state index in [1.807, 2.05) is 0 Å². The summed E-state index contributed by atoms with van der Waals surface area (Å²) in [6.45, 7) is 0. The molecular weight excluding hydrogens is 231 g/mol. The van der Waals surface area contributed by atoms with E-state index in [1.54, 1.807) is 30.3 Å². The van der Waals surface area contributed by atoms with Crippen LogP contribution in [0.2, 0.25) is 0 Å². The van der Waals surface area contributed by atoms with Crippen LogP contribution in [0.3, 0.4) is 0 Å². The number of nitrogens with two attached hydrogens (primary N) is 2. The molecule has 4 nitrogen and oxygen atoms in total. The van der Waals surface area contributed by atoms with Gasteiger partial charge < -0.3 is 16.5 Å². The van der Waals surface area contributed by atoms with Gasteiger partial charge in [0, 0.05) is 16.9 Å². The lowest BCUT2D eigenvalue weighted by Gasteiger charge is -2.01. The van der Waals surface area contributed by atoms with E-state index in [0.29, 0.717) is 28.2 Å². The summed E-state index contributed by atoms with van der Waals surface area (Å²) in [7, 11) is 0. The second-order valence-electron chi connectivity index (χ2n) is 4.11. The van der Waals surface area contributed by atoms with Crippen molar-refractivity contribution in [2.75, 3.05) is 11.5 Å². The molecule has 0 spiro atoms. The normalized spacial score (nSPS) is 10.9. The van der Waals surface area contributed by atoms with Gasteiger partial charge in [-0.15, -0.1) is 0 Å². The number of anilines is 2. The number of rotatable bonds is 1. The Kier molecular flexibility index (Phi) is 2.19. The van der Waals surface area contributed by atoms with Crippen molar-refractivity contribution in [2.24, 2.45) is 0 Å². The monoisotopic (exact) mass is 242 g/mol. The average Bonchev–Trinajstić information content (AvgIpc) is 2.73. The Hall–Kier alpha value is -2.56. The van der Waals surface area contributed by atoms with Gasteiger partial charge in [0.1, 0.15) is 11.3 Å². The molecule has 0 aliphatic heterocycles. The molecule has 1 heterocycles. The number of aromatic nitrogens is 2. The molecule has 0 amide bonds. The largest absolute Gasteiger partial charge is 0.399 e. The summed E-state index contributed by atoms with van der Waals surface area (Å²) in [5, 5.41) is 0. The maximum atomic E-state index is 13.5. The number of nitrogen functional groups attached to an aromatic ring is 2. The van der Waals surface area contributed by atoms with Crippen molar-refractivity contribution in [3.8, 4) is 11.4 Å². The fourth-order valence-electron chi connectivity index (χ4n) is 1.95. The van der Waals surface area contributed by atoms with Gasteiger partial charge >= 0.3 is 0 Å². The molecular formula is C13H11FN4. The molecule has 3 rings (SSSR count). The van der Waals surface area contributed by atoms with Gasteiger partial charge in [-0.2, -0.15) is 0 Å². The van der Waals surface area contributed by atoms with Gasteiger partial charge in [0.15, 0.2) is 5.82 Å². The molecule has 0 saturated carbocycles. The standard InChI is InChI=1S/C13H11FN4/c14-10-2-1-3-11-12(10)18-13(17-11)7-4-8(15)6-9(16)5-7/h1-6H,15-16H2,(H,17,18). The molecule has 2 aromatic carbocycles. The highest BCUT2D eigenvalue weighted by atomic mass is 19.1. The van der Waals surface area contributed by atoms with E-state index in [4.69, 9.17) is 11.5 Å². The minimum Gasteiger partial charge on any atom is -0.399 e. The molecule has 5 N–H and O–H groups in total. The van der Waals surface area contributed by atoms with Gasteiger partial charge in [-0.1, -0.05) is 6.07 Å². The first-order chi connectivity index (χ1) is 8.63. The van der Waals surface area contributed by atoms with E-state index >= 15 is 0 Å². The first-order valence-electron chi connectivity index (χ1n) is 5.44. The maximum Gasteiger partial charge on any atom is 0.151 e. The molecule has 5 heteroatoms. The molecule has 1 aromatic heterocycles. The highest BCUT2D eigenvalue weighted by Gasteiger charge is 2.09. The Morgan fingerprint density at radius 1 is 1.06 bits per heavy atom. The number of benzene rings is 2. The number of nitrogens with one attached hydrogen (secondary N) is 1. The molecule has 0 saturated heterocycles. The van der Waals surface area contributed by atoms with Crippen LogP contribution < -0.4 is 11.5 Å². The van der Waals surface area contributed by atoms with E-state index in [9.17, 15) is 4.39 Å². The van der Waals surface area contributed by atoms with E-state index in [2.05, 4.69) is 9.97 Å². The van der Waals surface area contributed by atoms with Crippen LogP contribution in [0.15, 0.2) is 36.4 Å². The quantitative estimate of drug-likeness (QED) is 0.573. The van der Waals surface area contributed by atoms with Gasteiger partial charge in [-0.25, -0.2) is 9.37 Å². The Labute approximate surface area is 102 Å². The van der Waals surface area contributed by atoms with Crippen LogP contribution in [-0.4, -0.2) is 9.97 Å². The van der Waals surface area contributed by atoms with Crippen molar-refractivity contribution in [1.82, 2.24) is 9.97 Å². The number of halogens is 1. The van der Waals surface area contributed by atoms with Crippen molar-refractivity contribution in [2.45, 2.75) is 0 Å². The summed E-state index contributed by atoms with van der Waals surface area (Å²) >= 11 is 0.